The molecule has 0 bridgehead atoms. The van der Waals surface area contributed by atoms with E-state index < -0.39 is 17.4 Å². The number of carboxylic acids is 1. The van der Waals surface area contributed by atoms with Crippen LogP contribution in [0.1, 0.15) is 26.5 Å². The van der Waals surface area contributed by atoms with Crippen molar-refractivity contribution in [3.05, 3.63) is 87.5 Å². The van der Waals surface area contributed by atoms with Crippen molar-refractivity contribution in [2.45, 2.75) is 6.54 Å². The van der Waals surface area contributed by atoms with Crippen molar-refractivity contribution in [1.29, 1.82) is 0 Å². The molecule has 2 aromatic carbocycles. The Morgan fingerprint density at radius 3 is 2.74 bits per heavy atom. The predicted octanol–water partition coefficient (Wildman–Crippen LogP) is 2.86. The van der Waals surface area contributed by atoms with E-state index in [1.807, 2.05) is 6.07 Å². The van der Waals surface area contributed by atoms with Crippen molar-refractivity contribution < 1.29 is 24.2 Å². The highest BCUT2D eigenvalue weighted by Crippen LogP contribution is 2.31. The summed E-state index contributed by atoms with van der Waals surface area (Å²) in [6.07, 6.45) is 1.35. The molecule has 4 N–H and O–H groups in total. The number of aromatic amines is 2. The fourth-order valence-electron chi connectivity index (χ4n) is 3.66. The number of aromatic nitrogens is 5. The maximum atomic E-state index is 12.9. The number of nitrogens with one attached hydrogen (secondary N) is 3. The first kappa shape index (κ1) is 24.6. The Morgan fingerprint density at radius 2 is 1.92 bits per heavy atom. The van der Waals surface area contributed by atoms with Crippen LogP contribution in [0.4, 0.5) is 0 Å². The van der Waals surface area contributed by atoms with Gasteiger partial charge in [0.2, 0.25) is 5.82 Å². The molecule has 1 amide bonds. The number of carbonyl (C=O) groups excluding carboxylic acids is 1. The minimum absolute atomic E-state index is 0.108. The quantitative estimate of drug-likeness (QED) is 0.197. The fourth-order valence-corrected chi connectivity index (χ4v) is 4.61. The zero-order valence-electron chi connectivity index (χ0n) is 19.6. The monoisotopic (exact) mass is 532 g/mol. The van der Waals surface area contributed by atoms with Crippen LogP contribution in [0.15, 0.2) is 65.0 Å². The van der Waals surface area contributed by atoms with Crippen molar-refractivity contribution in [3.8, 4) is 22.9 Å². The highest BCUT2D eigenvalue weighted by molar-refractivity contribution is 7.17. The number of carbonyl (C=O) groups is 2. The average Bonchev–Trinajstić information content (AvgIpc) is 3.60. The first-order chi connectivity index (χ1) is 18.5. The highest BCUT2D eigenvalue weighted by atomic mass is 32.1. The van der Waals surface area contributed by atoms with Gasteiger partial charge < -0.3 is 24.9 Å². The minimum atomic E-state index is -1.06. The van der Waals surface area contributed by atoms with Crippen LogP contribution in [0.3, 0.4) is 0 Å². The molecule has 13 heteroatoms. The molecule has 12 nitrogen and oxygen atoms in total. The molecule has 5 aromatic rings. The van der Waals surface area contributed by atoms with E-state index in [0.29, 0.717) is 33.1 Å². The maximum Gasteiger partial charge on any atom is 0.335 e. The van der Waals surface area contributed by atoms with E-state index in [2.05, 4.69) is 30.5 Å². The molecule has 38 heavy (non-hydrogen) atoms. The zero-order chi connectivity index (χ0) is 26.5. The van der Waals surface area contributed by atoms with Gasteiger partial charge in [0.15, 0.2) is 0 Å². The van der Waals surface area contributed by atoms with Gasteiger partial charge in [-0.1, -0.05) is 24.3 Å². The first-order valence-electron chi connectivity index (χ1n) is 11.3. The topological polar surface area (TPSA) is 172 Å². The third-order valence-electron chi connectivity index (χ3n) is 5.41. The summed E-state index contributed by atoms with van der Waals surface area (Å²) in [6.45, 7) is 0.738. The van der Waals surface area contributed by atoms with Crippen molar-refractivity contribution in [2.75, 3.05) is 13.2 Å². The largest absolute Gasteiger partial charge is 0.490 e. The van der Waals surface area contributed by atoms with Crippen LogP contribution in [0.25, 0.3) is 21.3 Å². The van der Waals surface area contributed by atoms with E-state index >= 15 is 0 Å². The van der Waals surface area contributed by atoms with Crippen molar-refractivity contribution in [1.82, 2.24) is 30.5 Å². The Morgan fingerprint density at radius 1 is 1.08 bits per heavy atom. The lowest BCUT2D eigenvalue weighted by Gasteiger charge is -2.09. The van der Waals surface area contributed by atoms with Gasteiger partial charge in [-0.2, -0.15) is 10.1 Å². The molecule has 0 saturated carbocycles. The molecule has 3 aromatic heterocycles. The number of rotatable bonds is 10. The van der Waals surface area contributed by atoms with Crippen molar-refractivity contribution in [2.24, 2.45) is 0 Å². The Labute approximate surface area is 218 Å². The summed E-state index contributed by atoms with van der Waals surface area (Å²) in [6, 6.07) is 13.8. The summed E-state index contributed by atoms with van der Waals surface area (Å²) in [7, 11) is 0. The van der Waals surface area contributed by atoms with Crippen LogP contribution in [0.2, 0.25) is 0 Å². The molecule has 0 radical (unpaired) electrons. The van der Waals surface area contributed by atoms with Gasteiger partial charge in [-0.3, -0.25) is 9.59 Å². The smallest absolute Gasteiger partial charge is 0.335 e. The second-order valence-electron chi connectivity index (χ2n) is 7.95. The summed E-state index contributed by atoms with van der Waals surface area (Å²) in [4.78, 5) is 48.0. The standard InChI is InChI=1S/C25H20N6O6S/c32-21-19-18(15-4-2-5-16(10-15)24(34)35)12-38-23(19)30-20(29-21)22(33)26-11-14-3-1-6-17(9-14)36-7-8-37-25-27-13-28-31-25/h1-6,9-10,12-13H,7-8,11H2,(H,26,33)(H,34,35)(H,27,28,31)(H,29,30,32). The van der Waals surface area contributed by atoms with Gasteiger partial charge in [-0.15, -0.1) is 11.3 Å². The van der Waals surface area contributed by atoms with Gasteiger partial charge in [0, 0.05) is 17.5 Å². The van der Waals surface area contributed by atoms with Crippen LogP contribution in [0.5, 0.6) is 11.8 Å². The van der Waals surface area contributed by atoms with Crippen LogP contribution in [-0.4, -0.2) is 55.3 Å². The summed E-state index contributed by atoms with van der Waals surface area (Å²) in [5.41, 5.74) is 1.54. The molecule has 3 heterocycles. The lowest BCUT2D eigenvalue weighted by atomic mass is 10.0. The number of nitrogens with zero attached hydrogens (tertiary/aromatic N) is 3. The maximum absolute atomic E-state index is 12.9. The number of fused-ring (bicyclic) bond motifs is 1. The van der Waals surface area contributed by atoms with Gasteiger partial charge in [0.1, 0.15) is 30.1 Å². The number of aromatic carboxylic acids is 1. The van der Waals surface area contributed by atoms with Crippen molar-refractivity contribution >= 4 is 33.4 Å². The molecular formula is C25H20N6O6S. The molecule has 0 atom stereocenters. The Hall–Kier alpha value is -5.04. The second kappa shape index (κ2) is 10.9. The minimum Gasteiger partial charge on any atom is -0.490 e. The third kappa shape index (κ3) is 5.52. The van der Waals surface area contributed by atoms with E-state index in [1.54, 1.807) is 35.7 Å². The van der Waals surface area contributed by atoms with E-state index in [1.165, 1.54) is 29.8 Å². The Balaban J connectivity index is 1.24. The van der Waals surface area contributed by atoms with Crippen LogP contribution in [-0.2, 0) is 6.54 Å². The van der Waals surface area contributed by atoms with Gasteiger partial charge in [-0.25, -0.2) is 14.9 Å². The Bertz CT molecular complexity index is 1660. The molecule has 0 unspecified atom stereocenters. The number of hydrogen-bond acceptors (Lipinski definition) is 9. The highest BCUT2D eigenvalue weighted by Gasteiger charge is 2.17. The molecule has 0 saturated heterocycles. The van der Waals surface area contributed by atoms with E-state index in [9.17, 15) is 19.5 Å². The van der Waals surface area contributed by atoms with Crippen molar-refractivity contribution in [3.63, 3.8) is 0 Å². The molecule has 0 aliphatic heterocycles. The summed E-state index contributed by atoms with van der Waals surface area (Å²) >= 11 is 1.20. The fraction of sp³-hybridized carbons (Fsp3) is 0.120. The number of H-pyrrole nitrogens is 2. The number of benzene rings is 2. The summed E-state index contributed by atoms with van der Waals surface area (Å²) < 4.78 is 11.0. The van der Waals surface area contributed by atoms with E-state index in [4.69, 9.17) is 9.47 Å². The molecule has 0 fully saturated rings. The molecule has 0 aliphatic carbocycles. The van der Waals surface area contributed by atoms with Gasteiger partial charge >= 0.3 is 12.0 Å². The Kier molecular flexibility index (Phi) is 7.08. The number of hydrogen-bond donors (Lipinski definition) is 4. The number of carboxylic acid groups (broad SMARTS) is 1. The molecule has 192 valence electrons. The summed E-state index contributed by atoms with van der Waals surface area (Å²) in [5, 5.41) is 20.3. The molecule has 0 aliphatic rings. The van der Waals surface area contributed by atoms with E-state index in [0.717, 1.165) is 5.56 Å². The number of ether oxygens (including phenoxy) is 2. The normalized spacial score (nSPS) is 10.8. The van der Waals surface area contributed by atoms with E-state index in [-0.39, 0.29) is 31.1 Å². The van der Waals surface area contributed by atoms with Gasteiger partial charge in [0.05, 0.1) is 10.9 Å². The molecular weight excluding hydrogens is 512 g/mol. The van der Waals surface area contributed by atoms with Gasteiger partial charge in [-0.05, 0) is 35.4 Å². The number of amides is 1. The number of thiophene rings is 1. The second-order valence-corrected chi connectivity index (χ2v) is 8.81. The van der Waals surface area contributed by atoms with Crippen LogP contribution >= 0.6 is 11.3 Å². The zero-order valence-corrected chi connectivity index (χ0v) is 20.4. The lowest BCUT2D eigenvalue weighted by molar-refractivity contribution is 0.0696. The first-order valence-corrected chi connectivity index (χ1v) is 12.2. The SMILES string of the molecule is O=C(O)c1cccc(-c2csc3nc(C(=O)NCc4cccc(OCCOc5ncn[nH]5)c4)[nH]c(=O)c23)c1. The average molecular weight is 533 g/mol. The van der Waals surface area contributed by atoms with Crippen LogP contribution in [0, 0.1) is 0 Å². The van der Waals surface area contributed by atoms with Gasteiger partial charge in [0.25, 0.3) is 11.5 Å². The molecule has 5 rings (SSSR count). The third-order valence-corrected chi connectivity index (χ3v) is 6.29. The summed E-state index contributed by atoms with van der Waals surface area (Å²) in [5.74, 6) is -1.12. The van der Waals surface area contributed by atoms with Crippen LogP contribution < -0.4 is 20.3 Å². The lowest BCUT2D eigenvalue weighted by Crippen LogP contribution is -2.27. The molecule has 0 spiro atoms. The predicted molar refractivity (Wildman–Crippen MR) is 138 cm³/mol.